The topological polar surface area (TPSA) is 91.8 Å². The molecule has 0 spiro atoms. The molecule has 12 heteroatoms. The maximum atomic E-state index is 14.0. The van der Waals surface area contributed by atoms with E-state index >= 15 is 0 Å². The van der Waals surface area contributed by atoms with Gasteiger partial charge in [0, 0.05) is 18.1 Å². The van der Waals surface area contributed by atoms with E-state index in [2.05, 4.69) is 0 Å². The minimum absolute atomic E-state index is 0.0172. The summed E-state index contributed by atoms with van der Waals surface area (Å²) in [5, 5.41) is 10.2. The van der Waals surface area contributed by atoms with Crippen molar-refractivity contribution in [2.24, 2.45) is 0 Å². The molecule has 0 bridgehead atoms. The van der Waals surface area contributed by atoms with Crippen LogP contribution < -0.4 is 0 Å². The van der Waals surface area contributed by atoms with E-state index < -0.39 is 47.9 Å². The molecule has 6 nitrogen and oxygen atoms in total. The van der Waals surface area contributed by atoms with Crippen LogP contribution >= 0.6 is 23.2 Å². The first-order chi connectivity index (χ1) is 22.2. The molecule has 5 aromatic carbocycles. The lowest BCUT2D eigenvalue weighted by atomic mass is 9.98. The van der Waals surface area contributed by atoms with Crippen LogP contribution in [0.4, 0.5) is 8.78 Å². The Hall–Kier alpha value is -3.80. The van der Waals surface area contributed by atoms with Crippen LogP contribution in [-0.4, -0.2) is 32.0 Å². The lowest BCUT2D eigenvalue weighted by Gasteiger charge is -2.23. The van der Waals surface area contributed by atoms with E-state index in [0.29, 0.717) is 27.8 Å². The summed E-state index contributed by atoms with van der Waals surface area (Å²) < 4.78 is 83.3. The van der Waals surface area contributed by atoms with Gasteiger partial charge in [-0.05, 0) is 95.8 Å². The minimum Gasteiger partial charge on any atom is -0.505 e. The summed E-state index contributed by atoms with van der Waals surface area (Å²) in [7, 11) is -8.13. The number of aromatic hydroxyl groups is 1. The monoisotopic (exact) mass is 715 g/mol. The maximum Gasteiger partial charge on any atom is 0.243 e. The molecular formula is C35H29Cl2F2NO5S2. The van der Waals surface area contributed by atoms with Crippen LogP contribution in [0.15, 0.2) is 113 Å². The molecule has 1 N–H and O–H groups in total. The van der Waals surface area contributed by atoms with Gasteiger partial charge >= 0.3 is 0 Å². The molecule has 5 rings (SSSR count). The van der Waals surface area contributed by atoms with Crippen LogP contribution in [0.2, 0.25) is 10.0 Å². The summed E-state index contributed by atoms with van der Waals surface area (Å²) in [5.41, 5.74) is 3.76. The van der Waals surface area contributed by atoms with E-state index in [1.807, 2.05) is 6.92 Å². The Balaban J connectivity index is 1.55. The largest absolute Gasteiger partial charge is 0.505 e. The Morgan fingerprint density at radius 3 is 1.89 bits per heavy atom. The molecule has 0 heterocycles. The molecule has 0 aromatic heterocycles. The highest BCUT2D eigenvalue weighted by molar-refractivity contribution is 7.91. The van der Waals surface area contributed by atoms with Crippen molar-refractivity contribution in [3.63, 3.8) is 0 Å². The average Bonchev–Trinajstić information content (AvgIpc) is 3.03. The zero-order chi connectivity index (χ0) is 33.9. The molecule has 0 amide bonds. The van der Waals surface area contributed by atoms with E-state index in [1.165, 1.54) is 58.9 Å². The number of sulfone groups is 1. The summed E-state index contributed by atoms with van der Waals surface area (Å²) in [4.78, 5) is -0.328. The van der Waals surface area contributed by atoms with Gasteiger partial charge in [-0.3, -0.25) is 0 Å². The highest BCUT2D eigenvalue weighted by Gasteiger charge is 2.26. The molecule has 0 unspecified atom stereocenters. The van der Waals surface area contributed by atoms with Crippen molar-refractivity contribution in [2.45, 2.75) is 36.2 Å². The van der Waals surface area contributed by atoms with E-state index in [0.717, 1.165) is 11.6 Å². The van der Waals surface area contributed by atoms with Gasteiger partial charge in [0.25, 0.3) is 0 Å². The SMILES string of the molecule is Cc1ccc(S(=O)(=O)N(Cc2ccc(F)cc2)Cc2cc(CCS(=O)(=O)c3cc(Cl)cc(Cl)c3O)cc(-c3ccc(F)cc3)c2)cc1. The third-order valence-corrected chi connectivity index (χ3v) is 11.5. The Kier molecular flexibility index (Phi) is 10.4. The van der Waals surface area contributed by atoms with Crippen molar-refractivity contribution in [3.05, 3.63) is 147 Å². The van der Waals surface area contributed by atoms with E-state index in [4.69, 9.17) is 23.2 Å². The third-order valence-electron chi connectivity index (χ3n) is 7.51. The number of hydrogen-bond donors (Lipinski definition) is 1. The van der Waals surface area contributed by atoms with Crippen LogP contribution in [-0.2, 0) is 39.4 Å². The smallest absolute Gasteiger partial charge is 0.243 e. The maximum absolute atomic E-state index is 14.0. The second-order valence-corrected chi connectivity index (χ2v) is 15.9. The number of rotatable bonds is 11. The van der Waals surface area contributed by atoms with Crippen molar-refractivity contribution in [1.82, 2.24) is 4.31 Å². The molecule has 0 fully saturated rings. The number of phenols is 1. The predicted molar refractivity (Wildman–Crippen MR) is 180 cm³/mol. The number of benzene rings is 5. The fourth-order valence-electron chi connectivity index (χ4n) is 5.03. The van der Waals surface area contributed by atoms with Crippen molar-refractivity contribution in [2.75, 3.05) is 5.75 Å². The van der Waals surface area contributed by atoms with Gasteiger partial charge in [-0.25, -0.2) is 25.6 Å². The van der Waals surface area contributed by atoms with Gasteiger partial charge < -0.3 is 5.11 Å². The molecule has 0 aliphatic carbocycles. The number of hydrogen-bond acceptors (Lipinski definition) is 5. The molecule has 0 saturated carbocycles. The summed E-state index contributed by atoms with van der Waals surface area (Å²) in [6, 6.07) is 25.3. The quantitative estimate of drug-likeness (QED) is 0.148. The van der Waals surface area contributed by atoms with Crippen LogP contribution in [0, 0.1) is 18.6 Å². The summed E-state index contributed by atoms with van der Waals surface area (Å²) in [6.07, 6.45) is -0.0172. The zero-order valence-electron chi connectivity index (χ0n) is 25.0. The second-order valence-electron chi connectivity index (χ2n) is 11.1. The summed E-state index contributed by atoms with van der Waals surface area (Å²) >= 11 is 12.0. The Bertz CT molecular complexity index is 2130. The number of aryl methyl sites for hydroxylation is 2. The molecule has 0 atom stereocenters. The van der Waals surface area contributed by atoms with Crippen molar-refractivity contribution >= 4 is 43.1 Å². The second kappa shape index (κ2) is 14.1. The van der Waals surface area contributed by atoms with Crippen molar-refractivity contribution in [3.8, 4) is 16.9 Å². The number of nitrogens with zero attached hydrogens (tertiary/aromatic N) is 1. The molecule has 0 saturated heterocycles. The van der Waals surface area contributed by atoms with Gasteiger partial charge in [0.15, 0.2) is 15.6 Å². The molecule has 0 aliphatic rings. The van der Waals surface area contributed by atoms with Crippen molar-refractivity contribution < 1.29 is 30.7 Å². The first-order valence-electron chi connectivity index (χ1n) is 14.3. The summed E-state index contributed by atoms with van der Waals surface area (Å²) in [6.45, 7) is 1.65. The van der Waals surface area contributed by atoms with Gasteiger partial charge in [-0.15, -0.1) is 0 Å². The molecular weight excluding hydrogens is 687 g/mol. The Morgan fingerprint density at radius 1 is 0.681 bits per heavy atom. The predicted octanol–water partition coefficient (Wildman–Crippen LogP) is 8.36. The third kappa shape index (κ3) is 8.38. The molecule has 5 aromatic rings. The highest BCUT2D eigenvalue weighted by Crippen LogP contribution is 2.35. The van der Waals surface area contributed by atoms with Crippen molar-refractivity contribution in [1.29, 1.82) is 0 Å². The number of phenolic OH excluding ortho intramolecular Hbond substituents is 1. The first-order valence-corrected chi connectivity index (χ1v) is 18.2. The highest BCUT2D eigenvalue weighted by atomic mass is 35.5. The van der Waals surface area contributed by atoms with Crippen LogP contribution in [0.25, 0.3) is 11.1 Å². The zero-order valence-corrected chi connectivity index (χ0v) is 28.1. The molecule has 0 radical (unpaired) electrons. The molecule has 244 valence electrons. The van der Waals surface area contributed by atoms with E-state index in [-0.39, 0.29) is 34.5 Å². The lowest BCUT2D eigenvalue weighted by Crippen LogP contribution is -2.30. The van der Waals surface area contributed by atoms with Crippen LogP contribution in [0.3, 0.4) is 0 Å². The first kappa shape index (κ1) is 34.5. The van der Waals surface area contributed by atoms with Gasteiger partial charge in [-0.1, -0.05) is 77.3 Å². The molecule has 47 heavy (non-hydrogen) atoms. The van der Waals surface area contributed by atoms with E-state index in [9.17, 15) is 30.7 Å². The number of halogens is 4. The summed E-state index contributed by atoms with van der Waals surface area (Å²) in [5.74, 6) is -1.92. The van der Waals surface area contributed by atoms with Crippen LogP contribution in [0.1, 0.15) is 22.3 Å². The van der Waals surface area contributed by atoms with Crippen LogP contribution in [0.5, 0.6) is 5.75 Å². The number of sulfonamides is 1. The van der Waals surface area contributed by atoms with Gasteiger partial charge in [0.1, 0.15) is 16.5 Å². The van der Waals surface area contributed by atoms with Gasteiger partial charge in [-0.2, -0.15) is 4.31 Å². The minimum atomic E-state index is -4.07. The fourth-order valence-corrected chi connectivity index (χ4v) is 8.50. The van der Waals surface area contributed by atoms with Gasteiger partial charge in [0.05, 0.1) is 15.7 Å². The lowest BCUT2D eigenvalue weighted by molar-refractivity contribution is 0.401. The Morgan fingerprint density at radius 2 is 1.26 bits per heavy atom. The van der Waals surface area contributed by atoms with Gasteiger partial charge in [0.2, 0.25) is 10.0 Å². The Labute approximate surface area is 282 Å². The molecule has 0 aliphatic heterocycles. The normalized spacial score (nSPS) is 12.0. The van der Waals surface area contributed by atoms with E-state index in [1.54, 1.807) is 42.5 Å². The fraction of sp³-hybridized carbons (Fsp3) is 0.143. The standard InChI is InChI=1S/C35H29Cl2F2NO5S2/c1-23-2-12-32(13-3-23)47(44,45)40(21-24-4-8-30(38)9-5-24)22-26-16-25(17-28(18-26)27-6-10-31(39)11-7-27)14-15-46(42,43)34-20-29(36)19-33(37)35(34)41/h2-13,16-20,41H,14-15,21-22H2,1H3. The average molecular weight is 717 g/mol.